The minimum Gasteiger partial charge on any atom is -0.872 e. The highest BCUT2D eigenvalue weighted by Gasteiger charge is 2.44. The van der Waals surface area contributed by atoms with Crippen LogP contribution in [0.15, 0.2) is 48.3 Å². The second kappa shape index (κ2) is 9.09. The van der Waals surface area contributed by atoms with Crippen molar-refractivity contribution in [2.75, 3.05) is 34.3 Å². The number of likely N-dealkylation sites (tertiary alicyclic amines) is 1. The fourth-order valence-electron chi connectivity index (χ4n) is 3.76. The number of pyridine rings is 1. The summed E-state index contributed by atoms with van der Waals surface area (Å²) in [6, 6.07) is 7.85. The molecule has 1 amide bonds. The average Bonchev–Trinajstić information content (AvgIpc) is 2.98. The van der Waals surface area contributed by atoms with Crippen LogP contribution < -0.4 is 14.7 Å². The molecule has 30 heavy (non-hydrogen) atoms. The Hall–Kier alpha value is -3.19. The number of quaternary nitrogens is 1. The number of benzene rings is 1. The van der Waals surface area contributed by atoms with E-state index in [-0.39, 0.29) is 5.57 Å². The van der Waals surface area contributed by atoms with Gasteiger partial charge in [-0.05, 0) is 47.9 Å². The number of carbonyl (C=O) groups excluding carboxylic acids is 2. The molecule has 1 aliphatic rings. The quantitative estimate of drug-likeness (QED) is 0.400. The number of nitrogens with zero attached hydrogens (tertiary/aromatic N) is 2. The second-order valence-electron chi connectivity index (χ2n) is 7.75. The van der Waals surface area contributed by atoms with E-state index in [4.69, 9.17) is 4.74 Å². The first-order valence-corrected chi connectivity index (χ1v) is 9.95. The topological polar surface area (TPSA) is 87.0 Å². The largest absolute Gasteiger partial charge is 0.872 e. The van der Waals surface area contributed by atoms with Crippen molar-refractivity contribution in [2.45, 2.75) is 19.4 Å². The molecule has 0 radical (unpaired) electrons. The third kappa shape index (κ3) is 4.21. The third-order valence-electron chi connectivity index (χ3n) is 5.31. The van der Waals surface area contributed by atoms with E-state index in [0.29, 0.717) is 29.0 Å². The fraction of sp³-hybridized carbons (Fsp3) is 0.348. The number of aryl methyl sites for hydroxylation is 1. The standard InChI is InChI=1S/C23H27N3O4/c1-15-14-17(30-4)6-7-18(15)21(27)19-20(16-8-10-24-11-9-16)26(23(29)22(19)28)13-5-12-25(2)3/h6-11,14,20,27H,5,12-13H2,1-4H3. The molecular formula is C23H27N3O4. The summed E-state index contributed by atoms with van der Waals surface area (Å²) in [5.41, 5.74) is 1.79. The lowest BCUT2D eigenvalue weighted by atomic mass is 9.94. The Labute approximate surface area is 176 Å². The number of Topliss-reactive ketones (excluding diaryl/α,β-unsaturated/α-hetero) is 1. The highest BCUT2D eigenvalue weighted by molar-refractivity contribution is 6.46. The zero-order valence-electron chi connectivity index (χ0n) is 17.8. The maximum Gasteiger partial charge on any atom is 0.295 e. The van der Waals surface area contributed by atoms with Gasteiger partial charge in [0, 0.05) is 30.9 Å². The summed E-state index contributed by atoms with van der Waals surface area (Å²) in [4.78, 5) is 32.6. The van der Waals surface area contributed by atoms with E-state index in [1.807, 2.05) is 14.1 Å². The van der Waals surface area contributed by atoms with Gasteiger partial charge in [0.2, 0.25) is 5.78 Å². The molecule has 1 saturated heterocycles. The Balaban J connectivity index is 2.09. The molecule has 7 heteroatoms. The molecular weight excluding hydrogens is 382 g/mol. The Morgan fingerprint density at radius 3 is 2.50 bits per heavy atom. The number of carbonyl (C=O) groups is 2. The van der Waals surface area contributed by atoms with Crippen LogP contribution in [0.5, 0.6) is 5.75 Å². The SMILES string of the molecule is COc1ccc(C([O-])=C2C(=O)C(=O)N(CCC[NH+](C)C)C2c2ccncc2)c(C)c1. The normalized spacial score (nSPS) is 18.3. The van der Waals surface area contributed by atoms with Crippen LogP contribution >= 0.6 is 0 Å². The Kier molecular flexibility index (Phi) is 6.52. The van der Waals surface area contributed by atoms with Gasteiger partial charge in [-0.3, -0.25) is 14.6 Å². The first-order chi connectivity index (χ1) is 14.3. The van der Waals surface area contributed by atoms with Gasteiger partial charge in [-0.1, -0.05) is 11.8 Å². The van der Waals surface area contributed by atoms with Crippen molar-refractivity contribution in [2.24, 2.45) is 0 Å². The van der Waals surface area contributed by atoms with Gasteiger partial charge in [-0.2, -0.15) is 0 Å². The molecule has 1 aromatic carbocycles. The molecule has 0 spiro atoms. The zero-order valence-corrected chi connectivity index (χ0v) is 17.8. The van der Waals surface area contributed by atoms with E-state index in [9.17, 15) is 14.7 Å². The molecule has 2 heterocycles. The Morgan fingerprint density at radius 2 is 1.90 bits per heavy atom. The van der Waals surface area contributed by atoms with E-state index in [0.717, 1.165) is 13.0 Å². The minimum absolute atomic E-state index is 0.00309. The molecule has 1 fully saturated rings. The van der Waals surface area contributed by atoms with E-state index >= 15 is 0 Å². The average molecular weight is 409 g/mol. The number of nitrogens with one attached hydrogen (secondary N) is 1. The molecule has 1 aliphatic heterocycles. The summed E-state index contributed by atoms with van der Waals surface area (Å²) in [5, 5.41) is 13.4. The Bertz CT molecular complexity index is 970. The van der Waals surface area contributed by atoms with Gasteiger partial charge in [0.25, 0.3) is 5.91 Å². The molecule has 0 bridgehead atoms. The molecule has 1 N–H and O–H groups in total. The summed E-state index contributed by atoms with van der Waals surface area (Å²) in [7, 11) is 5.62. The molecule has 0 aliphatic carbocycles. The van der Waals surface area contributed by atoms with Gasteiger partial charge in [-0.25, -0.2) is 0 Å². The number of methoxy groups -OCH3 is 1. The molecule has 3 rings (SSSR count). The predicted molar refractivity (Wildman–Crippen MR) is 111 cm³/mol. The molecule has 2 aromatic rings. The van der Waals surface area contributed by atoms with Crippen LogP contribution in [0.4, 0.5) is 0 Å². The van der Waals surface area contributed by atoms with E-state index in [1.165, 1.54) is 9.80 Å². The third-order valence-corrected chi connectivity index (χ3v) is 5.31. The van der Waals surface area contributed by atoms with Crippen molar-refractivity contribution >= 4 is 17.4 Å². The van der Waals surface area contributed by atoms with Crippen molar-refractivity contribution in [3.63, 3.8) is 0 Å². The molecule has 158 valence electrons. The van der Waals surface area contributed by atoms with Crippen LogP contribution in [-0.4, -0.2) is 55.9 Å². The number of ether oxygens (including phenoxy) is 1. The number of rotatable bonds is 7. The van der Waals surface area contributed by atoms with Crippen LogP contribution in [0.25, 0.3) is 5.76 Å². The van der Waals surface area contributed by atoms with Gasteiger partial charge in [0.1, 0.15) is 5.75 Å². The van der Waals surface area contributed by atoms with Gasteiger partial charge in [0.15, 0.2) is 0 Å². The van der Waals surface area contributed by atoms with Crippen molar-refractivity contribution in [1.82, 2.24) is 9.88 Å². The van der Waals surface area contributed by atoms with Gasteiger partial charge in [-0.15, -0.1) is 0 Å². The number of aromatic nitrogens is 1. The van der Waals surface area contributed by atoms with Crippen LogP contribution in [0, 0.1) is 6.92 Å². The molecule has 1 aromatic heterocycles. The highest BCUT2D eigenvalue weighted by Crippen LogP contribution is 2.39. The van der Waals surface area contributed by atoms with Crippen LogP contribution in [-0.2, 0) is 9.59 Å². The number of amides is 1. The smallest absolute Gasteiger partial charge is 0.295 e. The number of hydrogen-bond acceptors (Lipinski definition) is 5. The first kappa shape index (κ1) is 21.5. The summed E-state index contributed by atoms with van der Waals surface area (Å²) < 4.78 is 5.21. The second-order valence-corrected chi connectivity index (χ2v) is 7.75. The predicted octanol–water partition coefficient (Wildman–Crippen LogP) is 0.157. The first-order valence-electron chi connectivity index (χ1n) is 9.95. The summed E-state index contributed by atoms with van der Waals surface area (Å²) in [6.45, 7) is 3.04. The van der Waals surface area contributed by atoms with Crippen molar-refractivity contribution < 1.29 is 24.3 Å². The van der Waals surface area contributed by atoms with Crippen molar-refractivity contribution in [1.29, 1.82) is 0 Å². The molecule has 1 unspecified atom stereocenters. The van der Waals surface area contributed by atoms with Crippen LogP contribution in [0.2, 0.25) is 0 Å². The van der Waals surface area contributed by atoms with E-state index in [2.05, 4.69) is 4.98 Å². The fourth-order valence-corrected chi connectivity index (χ4v) is 3.76. The van der Waals surface area contributed by atoms with Gasteiger partial charge < -0.3 is 19.6 Å². The van der Waals surface area contributed by atoms with Gasteiger partial charge in [0.05, 0.1) is 33.8 Å². The van der Waals surface area contributed by atoms with E-state index in [1.54, 1.807) is 56.8 Å². The maximum absolute atomic E-state index is 13.4. The monoisotopic (exact) mass is 409 g/mol. The minimum atomic E-state index is -0.728. The highest BCUT2D eigenvalue weighted by atomic mass is 16.5. The van der Waals surface area contributed by atoms with Gasteiger partial charge >= 0.3 is 0 Å². The lowest BCUT2D eigenvalue weighted by molar-refractivity contribution is -0.858. The number of ketones is 1. The summed E-state index contributed by atoms with van der Waals surface area (Å²) >= 11 is 0. The summed E-state index contributed by atoms with van der Waals surface area (Å²) in [6.07, 6.45) is 3.93. The Morgan fingerprint density at radius 1 is 1.20 bits per heavy atom. The molecule has 1 atom stereocenters. The maximum atomic E-state index is 13.4. The van der Waals surface area contributed by atoms with Crippen LogP contribution in [0.1, 0.15) is 29.2 Å². The molecule has 7 nitrogen and oxygen atoms in total. The summed E-state index contributed by atoms with van der Waals surface area (Å²) in [5.74, 6) is -1.15. The molecule has 0 saturated carbocycles. The van der Waals surface area contributed by atoms with Crippen molar-refractivity contribution in [3.8, 4) is 5.75 Å². The zero-order chi connectivity index (χ0) is 21.8. The van der Waals surface area contributed by atoms with Crippen LogP contribution in [0.3, 0.4) is 0 Å². The number of hydrogen-bond donors (Lipinski definition) is 1. The lowest BCUT2D eigenvalue weighted by Crippen LogP contribution is -3.05. The van der Waals surface area contributed by atoms with E-state index < -0.39 is 23.5 Å². The lowest BCUT2D eigenvalue weighted by Gasteiger charge is -2.28. The van der Waals surface area contributed by atoms with Crippen molar-refractivity contribution in [3.05, 3.63) is 65.0 Å².